The molecule has 0 aliphatic carbocycles. The number of benzene rings is 1. The van der Waals surface area contributed by atoms with Crippen molar-refractivity contribution in [2.75, 3.05) is 14.1 Å². The molecule has 1 aromatic carbocycles. The van der Waals surface area contributed by atoms with Crippen molar-refractivity contribution in [2.45, 2.75) is 23.1 Å². The van der Waals surface area contributed by atoms with Gasteiger partial charge in [-0.15, -0.1) is 11.8 Å². The van der Waals surface area contributed by atoms with Gasteiger partial charge in [0.25, 0.3) is 0 Å². The highest BCUT2D eigenvalue weighted by atomic mass is 32.2. The summed E-state index contributed by atoms with van der Waals surface area (Å²) in [7, 11) is 4.24. The average Bonchev–Trinajstić information content (AvgIpc) is 2.18. The lowest BCUT2D eigenvalue weighted by molar-refractivity contribution is 0.368. The van der Waals surface area contributed by atoms with Crippen LogP contribution in [0.15, 0.2) is 35.2 Å². The van der Waals surface area contributed by atoms with Gasteiger partial charge in [-0.2, -0.15) is 0 Å². The van der Waals surface area contributed by atoms with E-state index in [4.69, 9.17) is 0 Å². The second kappa shape index (κ2) is 6.10. The Morgan fingerprint density at radius 3 is 2.43 bits per heavy atom. The highest BCUT2D eigenvalue weighted by molar-refractivity contribution is 7.99. The number of nitrogens with zero attached hydrogens (tertiary/aromatic N) is 1. The van der Waals surface area contributed by atoms with Gasteiger partial charge in [0.15, 0.2) is 0 Å². The molecule has 0 bridgehead atoms. The van der Waals surface area contributed by atoms with Gasteiger partial charge in [0.2, 0.25) is 0 Å². The van der Waals surface area contributed by atoms with Crippen LogP contribution in [0.25, 0.3) is 0 Å². The summed E-state index contributed by atoms with van der Waals surface area (Å²) in [4.78, 5) is 3.59. The molecule has 0 aliphatic rings. The van der Waals surface area contributed by atoms with E-state index in [9.17, 15) is 0 Å². The van der Waals surface area contributed by atoms with Crippen LogP contribution in [-0.2, 0) is 0 Å². The largest absolute Gasteiger partial charge is 0.297 e. The molecule has 77 valence electrons. The normalized spacial score (nSPS) is 13.1. The summed E-state index contributed by atoms with van der Waals surface area (Å²) in [6, 6.07) is 10.5. The molecule has 1 atom stereocenters. The van der Waals surface area contributed by atoms with E-state index in [1.807, 2.05) is 11.8 Å². The maximum absolute atomic E-state index is 3.91. The number of hydrogen-bond donors (Lipinski definition) is 0. The zero-order valence-electron chi connectivity index (χ0n) is 8.94. The fourth-order valence-corrected chi connectivity index (χ4v) is 2.38. The fraction of sp³-hybridized carbons (Fsp3) is 0.417. The van der Waals surface area contributed by atoms with Crippen LogP contribution in [0.4, 0.5) is 0 Å². The van der Waals surface area contributed by atoms with Crippen LogP contribution in [0.5, 0.6) is 0 Å². The Morgan fingerprint density at radius 1 is 1.29 bits per heavy atom. The van der Waals surface area contributed by atoms with E-state index in [-0.39, 0.29) is 0 Å². The summed E-state index contributed by atoms with van der Waals surface area (Å²) in [5, 5.41) is 0.537. The van der Waals surface area contributed by atoms with Gasteiger partial charge in [-0.3, -0.25) is 4.90 Å². The van der Waals surface area contributed by atoms with E-state index < -0.39 is 0 Å². The van der Waals surface area contributed by atoms with Crippen LogP contribution in [0.3, 0.4) is 0 Å². The van der Waals surface area contributed by atoms with E-state index >= 15 is 0 Å². The molecular formula is C12H18NS. The van der Waals surface area contributed by atoms with E-state index in [0.29, 0.717) is 5.37 Å². The molecule has 0 saturated carbocycles. The fourth-order valence-electron chi connectivity index (χ4n) is 1.25. The summed E-state index contributed by atoms with van der Waals surface area (Å²) >= 11 is 1.91. The Labute approximate surface area is 91.5 Å². The van der Waals surface area contributed by atoms with E-state index in [0.717, 1.165) is 12.8 Å². The lowest BCUT2D eigenvalue weighted by atomic mass is 10.3. The van der Waals surface area contributed by atoms with Gasteiger partial charge in [0, 0.05) is 4.90 Å². The van der Waals surface area contributed by atoms with Gasteiger partial charge < -0.3 is 0 Å². The summed E-state index contributed by atoms with van der Waals surface area (Å²) in [6.07, 6.45) is 2.12. The minimum atomic E-state index is 0.537. The standard InChI is InChI=1S/C12H18NS/c1-4-8-12(13(2)3)14-11-9-6-5-7-10-11/h5-7,9-10,12H,1,4,8H2,2-3H3. The molecule has 1 radical (unpaired) electrons. The molecule has 2 heteroatoms. The first-order valence-electron chi connectivity index (χ1n) is 4.91. The smallest absolute Gasteiger partial charge is 0.0599 e. The quantitative estimate of drug-likeness (QED) is 0.539. The van der Waals surface area contributed by atoms with E-state index in [1.165, 1.54) is 4.90 Å². The van der Waals surface area contributed by atoms with Gasteiger partial charge in [-0.1, -0.05) is 31.5 Å². The van der Waals surface area contributed by atoms with Crippen LogP contribution >= 0.6 is 11.8 Å². The molecular weight excluding hydrogens is 190 g/mol. The first kappa shape index (κ1) is 11.6. The molecule has 0 heterocycles. The van der Waals surface area contributed by atoms with Gasteiger partial charge in [0.05, 0.1) is 5.37 Å². The van der Waals surface area contributed by atoms with E-state index in [1.54, 1.807) is 0 Å². The summed E-state index contributed by atoms with van der Waals surface area (Å²) in [6.45, 7) is 3.91. The van der Waals surface area contributed by atoms with Crippen molar-refractivity contribution >= 4 is 11.8 Å². The predicted octanol–water partition coefficient (Wildman–Crippen LogP) is 3.28. The van der Waals surface area contributed by atoms with Crippen molar-refractivity contribution in [3.63, 3.8) is 0 Å². The second-order valence-corrected chi connectivity index (χ2v) is 4.74. The topological polar surface area (TPSA) is 3.24 Å². The zero-order chi connectivity index (χ0) is 10.4. The minimum Gasteiger partial charge on any atom is -0.297 e. The van der Waals surface area contributed by atoms with Crippen molar-refractivity contribution in [1.82, 2.24) is 4.90 Å². The van der Waals surface area contributed by atoms with Gasteiger partial charge >= 0.3 is 0 Å². The average molecular weight is 208 g/mol. The van der Waals surface area contributed by atoms with Crippen molar-refractivity contribution in [3.05, 3.63) is 37.3 Å². The van der Waals surface area contributed by atoms with E-state index in [2.05, 4.69) is 56.3 Å². The molecule has 0 aromatic heterocycles. The lowest BCUT2D eigenvalue weighted by Crippen LogP contribution is -2.24. The van der Waals surface area contributed by atoms with Crippen LogP contribution in [0.2, 0.25) is 0 Å². The second-order valence-electron chi connectivity index (χ2n) is 3.49. The molecule has 0 spiro atoms. The monoisotopic (exact) mass is 208 g/mol. The van der Waals surface area contributed by atoms with Gasteiger partial charge in [-0.05, 0) is 32.6 Å². The number of hydrogen-bond acceptors (Lipinski definition) is 2. The Hall–Kier alpha value is -0.470. The van der Waals surface area contributed by atoms with Crippen LogP contribution < -0.4 is 0 Å². The SMILES string of the molecule is [CH2]CCC(Sc1ccccc1)N(C)C. The van der Waals surface area contributed by atoms with Crippen LogP contribution in [0, 0.1) is 6.92 Å². The Balaban J connectivity index is 2.55. The molecule has 0 saturated heterocycles. The molecule has 14 heavy (non-hydrogen) atoms. The lowest BCUT2D eigenvalue weighted by Gasteiger charge is -2.23. The number of rotatable bonds is 5. The molecule has 1 unspecified atom stereocenters. The summed E-state index contributed by atoms with van der Waals surface area (Å²) < 4.78 is 0. The molecule has 1 nitrogen and oxygen atoms in total. The van der Waals surface area contributed by atoms with Gasteiger partial charge in [0.1, 0.15) is 0 Å². The summed E-state index contributed by atoms with van der Waals surface area (Å²) in [5.74, 6) is 0. The predicted molar refractivity (Wildman–Crippen MR) is 64.4 cm³/mol. The minimum absolute atomic E-state index is 0.537. The van der Waals surface area contributed by atoms with Crippen molar-refractivity contribution in [1.29, 1.82) is 0 Å². The number of thioether (sulfide) groups is 1. The third kappa shape index (κ3) is 3.72. The van der Waals surface area contributed by atoms with Crippen molar-refractivity contribution in [3.8, 4) is 0 Å². The molecule has 0 aliphatic heterocycles. The molecule has 0 amide bonds. The molecule has 1 aromatic rings. The maximum atomic E-state index is 3.91. The Morgan fingerprint density at radius 2 is 1.93 bits per heavy atom. The Bertz CT molecular complexity index is 246. The third-order valence-electron chi connectivity index (χ3n) is 2.04. The highest BCUT2D eigenvalue weighted by Gasteiger charge is 2.10. The van der Waals surface area contributed by atoms with Gasteiger partial charge in [-0.25, -0.2) is 0 Å². The molecule has 0 fully saturated rings. The first-order valence-corrected chi connectivity index (χ1v) is 5.79. The van der Waals surface area contributed by atoms with Crippen LogP contribution in [0.1, 0.15) is 12.8 Å². The Kier molecular flexibility index (Phi) is 5.05. The molecule has 0 N–H and O–H groups in total. The third-order valence-corrected chi connectivity index (χ3v) is 3.52. The zero-order valence-corrected chi connectivity index (χ0v) is 9.76. The maximum Gasteiger partial charge on any atom is 0.0599 e. The molecule has 1 rings (SSSR count). The van der Waals surface area contributed by atoms with Crippen LogP contribution in [-0.4, -0.2) is 24.4 Å². The van der Waals surface area contributed by atoms with Crippen molar-refractivity contribution < 1.29 is 0 Å². The first-order chi connectivity index (χ1) is 6.74. The summed E-state index contributed by atoms with van der Waals surface area (Å²) in [5.41, 5.74) is 0. The van der Waals surface area contributed by atoms with Crippen molar-refractivity contribution in [2.24, 2.45) is 0 Å². The highest BCUT2D eigenvalue weighted by Crippen LogP contribution is 2.26.